The number of benzene rings is 2. The summed E-state index contributed by atoms with van der Waals surface area (Å²) in [6.45, 7) is 1.50. The van der Waals surface area contributed by atoms with Crippen molar-refractivity contribution in [3.8, 4) is 0 Å². The van der Waals surface area contributed by atoms with Crippen LogP contribution in [0, 0.1) is 10.5 Å². The van der Waals surface area contributed by atoms with Gasteiger partial charge in [0.2, 0.25) is 5.91 Å². The van der Waals surface area contributed by atoms with Crippen LogP contribution >= 0.6 is 34.4 Å². The second-order valence-electron chi connectivity index (χ2n) is 5.96. The minimum Gasteiger partial charge on any atom is -0.456 e. The van der Waals surface area contributed by atoms with E-state index in [1.54, 1.807) is 6.07 Å². The fourth-order valence-corrected chi connectivity index (χ4v) is 4.28. The number of esters is 1. The van der Waals surface area contributed by atoms with E-state index in [-0.39, 0.29) is 18.9 Å². The third-order valence-corrected chi connectivity index (χ3v) is 5.83. The van der Waals surface area contributed by atoms with Crippen LogP contribution in [0.5, 0.6) is 0 Å². The first-order chi connectivity index (χ1) is 12.9. The highest BCUT2D eigenvalue weighted by atomic mass is 127. The number of rotatable bonds is 5. The minimum atomic E-state index is -0.587. The van der Waals surface area contributed by atoms with Gasteiger partial charge in [0.1, 0.15) is 0 Å². The number of aryl methyl sites for hydroxylation is 1. The molecule has 2 aromatic rings. The van der Waals surface area contributed by atoms with Crippen LogP contribution in [-0.2, 0) is 19.1 Å². The van der Waals surface area contributed by atoms with Crippen molar-refractivity contribution in [1.82, 2.24) is 0 Å². The molecule has 0 fully saturated rings. The first kappa shape index (κ1) is 19.7. The van der Waals surface area contributed by atoms with Crippen LogP contribution < -0.4 is 10.6 Å². The van der Waals surface area contributed by atoms with Crippen LogP contribution in [0.4, 0.5) is 11.4 Å². The summed E-state index contributed by atoms with van der Waals surface area (Å²) in [5.74, 6) is -1.25. The smallest absolute Gasteiger partial charge is 0.307 e. The van der Waals surface area contributed by atoms with E-state index in [2.05, 4.69) is 33.2 Å². The average Bonchev–Trinajstić information content (AvgIpc) is 2.63. The summed E-state index contributed by atoms with van der Waals surface area (Å²) in [5.41, 5.74) is 2.34. The molecule has 1 unspecified atom stereocenters. The van der Waals surface area contributed by atoms with E-state index in [4.69, 9.17) is 4.74 Å². The topological polar surface area (TPSA) is 84.5 Å². The number of thioether (sulfide) groups is 1. The molecule has 6 nitrogen and oxygen atoms in total. The zero-order chi connectivity index (χ0) is 19.4. The largest absolute Gasteiger partial charge is 0.456 e. The summed E-state index contributed by atoms with van der Waals surface area (Å²) in [4.78, 5) is 37.1. The molecule has 140 valence electrons. The molecule has 2 N–H and O–H groups in total. The molecule has 0 aliphatic carbocycles. The van der Waals surface area contributed by atoms with E-state index in [9.17, 15) is 14.4 Å². The number of amides is 2. The second-order valence-corrected chi connectivity index (χ2v) is 8.45. The van der Waals surface area contributed by atoms with Crippen molar-refractivity contribution in [3.63, 3.8) is 0 Å². The zero-order valence-electron chi connectivity index (χ0n) is 14.5. The Balaban J connectivity index is 1.49. The van der Waals surface area contributed by atoms with E-state index in [0.29, 0.717) is 5.69 Å². The lowest BCUT2D eigenvalue weighted by atomic mass is 10.2. The summed E-state index contributed by atoms with van der Waals surface area (Å²) in [5, 5.41) is 4.92. The van der Waals surface area contributed by atoms with Crippen molar-refractivity contribution >= 4 is 63.5 Å². The Morgan fingerprint density at radius 3 is 2.81 bits per heavy atom. The Morgan fingerprint density at radius 1 is 1.26 bits per heavy atom. The Kier molecular flexibility index (Phi) is 6.38. The molecule has 8 heteroatoms. The maximum atomic E-state index is 12.1. The van der Waals surface area contributed by atoms with Gasteiger partial charge in [-0.15, -0.1) is 11.8 Å². The van der Waals surface area contributed by atoms with Crippen molar-refractivity contribution in [2.45, 2.75) is 23.5 Å². The molecule has 1 aliphatic rings. The number of carbonyl (C=O) groups is 3. The molecular weight excluding hydrogens is 479 g/mol. The van der Waals surface area contributed by atoms with Gasteiger partial charge in [-0.1, -0.05) is 12.1 Å². The number of halogens is 1. The van der Waals surface area contributed by atoms with E-state index in [0.717, 1.165) is 19.7 Å². The number of nitrogens with one attached hydrogen (secondary N) is 2. The van der Waals surface area contributed by atoms with Gasteiger partial charge < -0.3 is 15.4 Å². The Hall–Kier alpha value is -2.07. The molecular formula is C19H17IN2O4S. The van der Waals surface area contributed by atoms with Crippen LogP contribution in [-0.4, -0.2) is 29.6 Å². The third-order valence-electron chi connectivity index (χ3n) is 3.89. The van der Waals surface area contributed by atoms with Crippen LogP contribution in [0.25, 0.3) is 0 Å². The summed E-state index contributed by atoms with van der Waals surface area (Å²) >= 11 is 3.51. The van der Waals surface area contributed by atoms with Crippen LogP contribution in [0.15, 0.2) is 47.4 Å². The average molecular weight is 496 g/mol. The maximum Gasteiger partial charge on any atom is 0.307 e. The molecule has 2 amide bonds. The Bertz CT molecular complexity index is 903. The van der Waals surface area contributed by atoms with E-state index >= 15 is 0 Å². The number of hydrogen-bond donors (Lipinski definition) is 2. The van der Waals surface area contributed by atoms with Crippen molar-refractivity contribution < 1.29 is 19.1 Å². The fraction of sp³-hybridized carbons (Fsp3) is 0.211. The fourth-order valence-electron chi connectivity index (χ4n) is 2.54. The Morgan fingerprint density at radius 2 is 2.04 bits per heavy atom. The monoisotopic (exact) mass is 496 g/mol. The standard InChI is InChI=1S/C19H17IN2O4S/c1-11-8-12(20)6-7-13(11)21-17(23)10-26-18(24)9-16-19(25)22-14-4-2-3-5-15(14)27-16/h2-8,16H,9-10H2,1H3,(H,21,23)(H,22,25). The number of carbonyl (C=O) groups excluding carboxylic acids is 3. The number of anilines is 2. The predicted molar refractivity (Wildman–Crippen MR) is 113 cm³/mol. The van der Waals surface area contributed by atoms with Crippen LogP contribution in [0.2, 0.25) is 0 Å². The predicted octanol–water partition coefficient (Wildman–Crippen LogP) is 3.58. The molecule has 0 radical (unpaired) electrons. The van der Waals surface area contributed by atoms with Gasteiger partial charge in [-0.25, -0.2) is 0 Å². The van der Waals surface area contributed by atoms with Crippen molar-refractivity contribution in [1.29, 1.82) is 0 Å². The number of hydrogen-bond acceptors (Lipinski definition) is 5. The lowest BCUT2D eigenvalue weighted by Crippen LogP contribution is -2.32. The summed E-state index contributed by atoms with van der Waals surface area (Å²) in [6, 6.07) is 13.0. The van der Waals surface area contributed by atoms with E-state index in [1.807, 2.05) is 43.3 Å². The third kappa shape index (κ3) is 5.23. The normalized spacial score (nSPS) is 15.5. The summed E-state index contributed by atoms with van der Waals surface area (Å²) < 4.78 is 6.10. The first-order valence-electron chi connectivity index (χ1n) is 8.20. The number of ether oxygens (including phenoxy) is 1. The molecule has 0 aromatic heterocycles. The van der Waals surface area contributed by atoms with Gasteiger partial charge in [0.15, 0.2) is 6.61 Å². The van der Waals surface area contributed by atoms with E-state index < -0.39 is 17.1 Å². The quantitative estimate of drug-likeness (QED) is 0.489. The lowest BCUT2D eigenvalue weighted by Gasteiger charge is -2.23. The van der Waals surface area contributed by atoms with Gasteiger partial charge in [-0.05, 0) is 65.4 Å². The van der Waals surface area contributed by atoms with Gasteiger partial charge in [0.05, 0.1) is 17.4 Å². The Labute approximate surface area is 174 Å². The molecule has 1 atom stereocenters. The molecule has 1 aliphatic heterocycles. The van der Waals surface area contributed by atoms with Gasteiger partial charge in [0.25, 0.3) is 5.91 Å². The van der Waals surface area contributed by atoms with Gasteiger partial charge >= 0.3 is 5.97 Å². The maximum absolute atomic E-state index is 12.1. The summed E-state index contributed by atoms with van der Waals surface area (Å²) in [7, 11) is 0. The SMILES string of the molecule is Cc1cc(I)ccc1NC(=O)COC(=O)CC1Sc2ccccc2NC1=O. The lowest BCUT2D eigenvalue weighted by molar-refractivity contribution is -0.147. The second kappa shape index (κ2) is 8.75. The molecule has 0 saturated heterocycles. The molecule has 0 bridgehead atoms. The number of para-hydroxylation sites is 1. The molecule has 2 aromatic carbocycles. The molecule has 3 rings (SSSR count). The van der Waals surface area contributed by atoms with Gasteiger partial charge in [-0.3, -0.25) is 14.4 Å². The van der Waals surface area contributed by atoms with Crippen molar-refractivity contribution in [3.05, 3.63) is 51.6 Å². The zero-order valence-corrected chi connectivity index (χ0v) is 17.4. The van der Waals surface area contributed by atoms with Gasteiger partial charge in [-0.2, -0.15) is 0 Å². The molecule has 0 spiro atoms. The van der Waals surface area contributed by atoms with Gasteiger partial charge in [0, 0.05) is 14.2 Å². The molecule has 1 heterocycles. The molecule has 27 heavy (non-hydrogen) atoms. The first-order valence-corrected chi connectivity index (χ1v) is 10.2. The summed E-state index contributed by atoms with van der Waals surface area (Å²) in [6.07, 6.45) is -0.0966. The van der Waals surface area contributed by atoms with Crippen LogP contribution in [0.1, 0.15) is 12.0 Å². The van der Waals surface area contributed by atoms with E-state index in [1.165, 1.54) is 11.8 Å². The highest BCUT2D eigenvalue weighted by Crippen LogP contribution is 2.36. The molecule has 0 saturated carbocycles. The highest BCUT2D eigenvalue weighted by Gasteiger charge is 2.29. The number of fused-ring (bicyclic) bond motifs is 1. The van der Waals surface area contributed by atoms with Crippen LogP contribution in [0.3, 0.4) is 0 Å². The highest BCUT2D eigenvalue weighted by molar-refractivity contribution is 14.1. The van der Waals surface area contributed by atoms with Crippen molar-refractivity contribution in [2.75, 3.05) is 17.2 Å². The minimum absolute atomic E-state index is 0.0966. The van der Waals surface area contributed by atoms with Crippen molar-refractivity contribution in [2.24, 2.45) is 0 Å².